The number of benzene rings is 2. The Kier molecular flexibility index (Phi) is 5.06. The van der Waals surface area contributed by atoms with Crippen molar-refractivity contribution in [3.8, 4) is 0 Å². The SMILES string of the molecule is Cc1ccc(C)c(NC(=O)c2ccc(CSc3ccccc3)o2)c1. The molecular formula is C20H19NO2S. The molecule has 0 spiro atoms. The number of carbonyl (C=O) groups excluding carboxylic acids is 1. The van der Waals surface area contributed by atoms with Crippen molar-refractivity contribution in [3.05, 3.63) is 83.3 Å². The van der Waals surface area contributed by atoms with Crippen LogP contribution < -0.4 is 5.32 Å². The summed E-state index contributed by atoms with van der Waals surface area (Å²) >= 11 is 1.68. The number of rotatable bonds is 5. The molecule has 0 unspecified atom stereocenters. The van der Waals surface area contributed by atoms with Gasteiger partial charge in [0.05, 0.1) is 5.75 Å². The Morgan fingerprint density at radius 1 is 1.04 bits per heavy atom. The van der Waals surface area contributed by atoms with Gasteiger partial charge in [-0.2, -0.15) is 0 Å². The van der Waals surface area contributed by atoms with Crippen molar-refractivity contribution in [1.82, 2.24) is 0 Å². The number of furan rings is 1. The number of thioether (sulfide) groups is 1. The van der Waals surface area contributed by atoms with Gasteiger partial charge in [0.25, 0.3) is 5.91 Å². The van der Waals surface area contributed by atoms with E-state index in [9.17, 15) is 4.79 Å². The predicted octanol–water partition coefficient (Wildman–Crippen LogP) is 5.44. The van der Waals surface area contributed by atoms with Gasteiger partial charge in [-0.05, 0) is 55.3 Å². The van der Waals surface area contributed by atoms with Gasteiger partial charge in [0.15, 0.2) is 5.76 Å². The van der Waals surface area contributed by atoms with E-state index in [1.807, 2.05) is 56.3 Å². The molecule has 122 valence electrons. The summed E-state index contributed by atoms with van der Waals surface area (Å²) in [6, 6.07) is 19.7. The minimum Gasteiger partial charge on any atom is -0.455 e. The van der Waals surface area contributed by atoms with E-state index in [1.54, 1.807) is 17.8 Å². The van der Waals surface area contributed by atoms with Gasteiger partial charge < -0.3 is 9.73 Å². The molecule has 3 nitrogen and oxygen atoms in total. The quantitative estimate of drug-likeness (QED) is 0.630. The highest BCUT2D eigenvalue weighted by Crippen LogP contribution is 2.24. The molecule has 24 heavy (non-hydrogen) atoms. The van der Waals surface area contributed by atoms with Gasteiger partial charge >= 0.3 is 0 Å². The first-order valence-electron chi connectivity index (χ1n) is 7.77. The first-order valence-corrected chi connectivity index (χ1v) is 8.75. The van der Waals surface area contributed by atoms with Gasteiger partial charge in [0.2, 0.25) is 0 Å². The Bertz CT molecular complexity index is 840. The summed E-state index contributed by atoms with van der Waals surface area (Å²) < 4.78 is 5.68. The topological polar surface area (TPSA) is 42.2 Å². The number of hydrogen-bond acceptors (Lipinski definition) is 3. The minimum atomic E-state index is -0.223. The Hall–Kier alpha value is -2.46. The Morgan fingerprint density at radius 3 is 2.62 bits per heavy atom. The summed E-state index contributed by atoms with van der Waals surface area (Å²) in [4.78, 5) is 13.5. The molecular weight excluding hydrogens is 318 g/mol. The van der Waals surface area contributed by atoms with E-state index in [1.165, 1.54) is 4.90 Å². The van der Waals surface area contributed by atoms with E-state index in [0.717, 1.165) is 22.6 Å². The van der Waals surface area contributed by atoms with E-state index in [-0.39, 0.29) is 5.91 Å². The fraction of sp³-hybridized carbons (Fsp3) is 0.150. The van der Waals surface area contributed by atoms with Crippen LogP contribution in [0.5, 0.6) is 0 Å². The highest BCUT2D eigenvalue weighted by molar-refractivity contribution is 7.98. The van der Waals surface area contributed by atoms with Gasteiger partial charge in [0, 0.05) is 10.6 Å². The van der Waals surface area contributed by atoms with Crippen LogP contribution in [0.2, 0.25) is 0 Å². The first kappa shape index (κ1) is 16.4. The van der Waals surface area contributed by atoms with Crippen molar-refractivity contribution in [3.63, 3.8) is 0 Å². The summed E-state index contributed by atoms with van der Waals surface area (Å²) in [5, 5.41) is 2.91. The lowest BCUT2D eigenvalue weighted by atomic mass is 10.1. The molecule has 0 saturated heterocycles. The van der Waals surface area contributed by atoms with Crippen LogP contribution in [-0.4, -0.2) is 5.91 Å². The fourth-order valence-corrected chi connectivity index (χ4v) is 3.12. The maximum Gasteiger partial charge on any atom is 0.291 e. The van der Waals surface area contributed by atoms with Crippen LogP contribution in [0.25, 0.3) is 0 Å². The molecule has 0 atom stereocenters. The lowest BCUT2D eigenvalue weighted by Gasteiger charge is -2.08. The number of amides is 1. The van der Waals surface area contributed by atoms with Crippen LogP contribution in [0.4, 0.5) is 5.69 Å². The van der Waals surface area contributed by atoms with E-state index in [0.29, 0.717) is 11.5 Å². The third-order valence-corrected chi connectivity index (χ3v) is 4.69. The third kappa shape index (κ3) is 4.09. The van der Waals surface area contributed by atoms with Gasteiger partial charge in [-0.1, -0.05) is 30.3 Å². The minimum absolute atomic E-state index is 0.223. The monoisotopic (exact) mass is 337 g/mol. The second-order valence-corrected chi connectivity index (χ2v) is 6.69. The van der Waals surface area contributed by atoms with Crippen molar-refractivity contribution < 1.29 is 9.21 Å². The van der Waals surface area contributed by atoms with E-state index in [4.69, 9.17) is 4.42 Å². The average molecular weight is 337 g/mol. The summed E-state index contributed by atoms with van der Waals surface area (Å²) in [6.45, 7) is 3.97. The van der Waals surface area contributed by atoms with E-state index < -0.39 is 0 Å². The zero-order valence-corrected chi connectivity index (χ0v) is 14.5. The molecule has 1 heterocycles. The highest BCUT2D eigenvalue weighted by Gasteiger charge is 2.13. The summed E-state index contributed by atoms with van der Waals surface area (Å²) in [6.07, 6.45) is 0. The predicted molar refractivity (Wildman–Crippen MR) is 98.6 cm³/mol. The summed E-state index contributed by atoms with van der Waals surface area (Å²) in [5.41, 5.74) is 2.95. The summed E-state index contributed by atoms with van der Waals surface area (Å²) in [5.74, 6) is 1.59. The first-order chi connectivity index (χ1) is 11.6. The van der Waals surface area contributed by atoms with Crippen molar-refractivity contribution in [2.45, 2.75) is 24.5 Å². The fourth-order valence-electron chi connectivity index (χ4n) is 2.30. The van der Waals surface area contributed by atoms with Crippen molar-refractivity contribution in [1.29, 1.82) is 0 Å². The van der Waals surface area contributed by atoms with Crippen LogP contribution in [0.1, 0.15) is 27.4 Å². The van der Waals surface area contributed by atoms with Gasteiger partial charge in [-0.15, -0.1) is 11.8 Å². The zero-order chi connectivity index (χ0) is 16.9. The molecule has 1 aromatic heterocycles. The molecule has 4 heteroatoms. The number of nitrogens with one attached hydrogen (secondary N) is 1. The lowest BCUT2D eigenvalue weighted by Crippen LogP contribution is -2.12. The summed E-state index contributed by atoms with van der Waals surface area (Å²) in [7, 11) is 0. The smallest absolute Gasteiger partial charge is 0.291 e. The van der Waals surface area contributed by atoms with Crippen LogP contribution >= 0.6 is 11.8 Å². The normalized spacial score (nSPS) is 10.6. The van der Waals surface area contributed by atoms with Gasteiger partial charge in [-0.25, -0.2) is 0 Å². The van der Waals surface area contributed by atoms with Crippen LogP contribution in [0.3, 0.4) is 0 Å². The Morgan fingerprint density at radius 2 is 1.83 bits per heavy atom. The molecule has 3 aromatic rings. The molecule has 0 radical (unpaired) electrons. The number of aryl methyl sites for hydroxylation is 2. The molecule has 1 N–H and O–H groups in total. The Labute approximate surface area is 146 Å². The molecule has 0 saturated carbocycles. The molecule has 1 amide bonds. The van der Waals surface area contributed by atoms with Crippen molar-refractivity contribution in [2.24, 2.45) is 0 Å². The second kappa shape index (κ2) is 7.41. The lowest BCUT2D eigenvalue weighted by molar-refractivity contribution is 0.0995. The molecule has 2 aromatic carbocycles. The zero-order valence-electron chi connectivity index (χ0n) is 13.7. The number of carbonyl (C=O) groups is 1. The van der Waals surface area contributed by atoms with E-state index >= 15 is 0 Å². The van der Waals surface area contributed by atoms with Crippen LogP contribution in [0.15, 0.2) is 70.0 Å². The van der Waals surface area contributed by atoms with Crippen molar-refractivity contribution in [2.75, 3.05) is 5.32 Å². The number of hydrogen-bond donors (Lipinski definition) is 1. The molecule has 0 aliphatic rings. The molecule has 0 bridgehead atoms. The maximum atomic E-state index is 12.4. The highest BCUT2D eigenvalue weighted by atomic mass is 32.2. The molecule has 0 aliphatic heterocycles. The third-order valence-electron chi connectivity index (χ3n) is 3.65. The molecule has 0 fully saturated rings. The maximum absolute atomic E-state index is 12.4. The largest absolute Gasteiger partial charge is 0.455 e. The van der Waals surface area contributed by atoms with Crippen molar-refractivity contribution >= 4 is 23.4 Å². The standard InChI is InChI=1S/C20H19NO2S/c1-14-8-9-15(2)18(12-14)21-20(22)19-11-10-16(23-19)13-24-17-6-4-3-5-7-17/h3-12H,13H2,1-2H3,(H,21,22). The van der Waals surface area contributed by atoms with E-state index in [2.05, 4.69) is 17.4 Å². The molecule has 3 rings (SSSR count). The van der Waals surface area contributed by atoms with Crippen LogP contribution in [0, 0.1) is 13.8 Å². The average Bonchev–Trinajstić information content (AvgIpc) is 3.06. The van der Waals surface area contributed by atoms with Gasteiger partial charge in [-0.3, -0.25) is 4.79 Å². The second-order valence-electron chi connectivity index (χ2n) is 5.64. The molecule has 0 aliphatic carbocycles. The number of anilines is 1. The van der Waals surface area contributed by atoms with Crippen LogP contribution in [-0.2, 0) is 5.75 Å². The van der Waals surface area contributed by atoms with Gasteiger partial charge in [0.1, 0.15) is 5.76 Å². The Balaban J connectivity index is 1.64.